The van der Waals surface area contributed by atoms with Gasteiger partial charge in [-0.15, -0.1) is 0 Å². The van der Waals surface area contributed by atoms with Gasteiger partial charge in [0.05, 0.1) is 0 Å². The van der Waals surface area contributed by atoms with E-state index in [2.05, 4.69) is 80.5 Å². The fourth-order valence-electron chi connectivity index (χ4n) is 3.02. The summed E-state index contributed by atoms with van der Waals surface area (Å²) in [6.45, 7) is 21.1. The van der Waals surface area contributed by atoms with Crippen LogP contribution in [0, 0.1) is 0 Å². The molecule has 0 saturated heterocycles. The van der Waals surface area contributed by atoms with Gasteiger partial charge in [-0.05, 0) is 39.4 Å². The Bertz CT molecular complexity index is 460. The molecule has 0 aliphatic heterocycles. The predicted octanol–water partition coefficient (Wildman–Crippen LogP) is 7.53. The molecule has 0 heterocycles. The van der Waals surface area contributed by atoms with E-state index in [-0.39, 0.29) is 16.2 Å². The number of unbranched alkanes of at least 4 members (excludes halogenated alkanes) is 3. The molecule has 0 saturated carbocycles. The van der Waals surface area contributed by atoms with Gasteiger partial charge in [0.25, 0.3) is 0 Å². The van der Waals surface area contributed by atoms with Gasteiger partial charge in [-0.3, -0.25) is 0 Å². The SMILES string of the molecule is CCCCCCC(C)(C)c1cc(C(C)(C)C)cc(C(C)(C)C)c1. The van der Waals surface area contributed by atoms with Crippen LogP contribution in [0.3, 0.4) is 0 Å². The molecule has 0 N–H and O–H groups in total. The van der Waals surface area contributed by atoms with Crippen molar-refractivity contribution in [2.45, 2.75) is 111 Å². The molecule has 0 atom stereocenters. The van der Waals surface area contributed by atoms with Crippen LogP contribution in [-0.2, 0) is 16.2 Å². The Morgan fingerprint density at radius 1 is 0.609 bits per heavy atom. The van der Waals surface area contributed by atoms with Crippen LogP contribution < -0.4 is 0 Å². The topological polar surface area (TPSA) is 0 Å². The van der Waals surface area contributed by atoms with E-state index in [0.717, 1.165) is 0 Å². The molecule has 0 bridgehead atoms. The molecule has 23 heavy (non-hydrogen) atoms. The van der Waals surface area contributed by atoms with Gasteiger partial charge in [-0.2, -0.15) is 0 Å². The number of benzene rings is 1. The van der Waals surface area contributed by atoms with Crippen molar-refractivity contribution < 1.29 is 0 Å². The largest absolute Gasteiger partial charge is 0.0654 e. The summed E-state index contributed by atoms with van der Waals surface area (Å²) in [6, 6.07) is 7.36. The molecule has 0 aliphatic carbocycles. The van der Waals surface area contributed by atoms with Crippen molar-refractivity contribution >= 4 is 0 Å². The van der Waals surface area contributed by atoms with Crippen molar-refractivity contribution in [1.82, 2.24) is 0 Å². The number of hydrogen-bond donors (Lipinski definition) is 0. The fraction of sp³-hybridized carbons (Fsp3) is 0.739. The summed E-state index contributed by atoms with van der Waals surface area (Å²) in [5.74, 6) is 0. The molecule has 0 aliphatic rings. The number of rotatable bonds is 6. The molecule has 0 unspecified atom stereocenters. The van der Waals surface area contributed by atoms with E-state index in [9.17, 15) is 0 Å². The number of hydrogen-bond acceptors (Lipinski definition) is 0. The molecule has 132 valence electrons. The van der Waals surface area contributed by atoms with Crippen LogP contribution in [0.25, 0.3) is 0 Å². The molecule has 1 aromatic carbocycles. The molecule has 0 aromatic heterocycles. The molecule has 0 heteroatoms. The minimum Gasteiger partial charge on any atom is -0.0654 e. The van der Waals surface area contributed by atoms with E-state index in [1.807, 2.05) is 0 Å². The average Bonchev–Trinajstić information content (AvgIpc) is 2.41. The lowest BCUT2D eigenvalue weighted by atomic mass is 9.73. The summed E-state index contributed by atoms with van der Waals surface area (Å²) >= 11 is 0. The molecular weight excluding hydrogens is 276 g/mol. The highest BCUT2D eigenvalue weighted by atomic mass is 14.3. The second-order valence-corrected chi connectivity index (χ2v) is 9.99. The highest BCUT2D eigenvalue weighted by Crippen LogP contribution is 2.36. The summed E-state index contributed by atoms with van der Waals surface area (Å²) in [5, 5.41) is 0. The Labute approximate surface area is 146 Å². The van der Waals surface area contributed by atoms with Crippen molar-refractivity contribution in [3.63, 3.8) is 0 Å². The lowest BCUT2D eigenvalue weighted by molar-refractivity contribution is 0.442. The second-order valence-electron chi connectivity index (χ2n) is 9.99. The van der Waals surface area contributed by atoms with Crippen molar-refractivity contribution in [3.8, 4) is 0 Å². The first-order valence-corrected chi connectivity index (χ1v) is 9.54. The van der Waals surface area contributed by atoms with E-state index in [0.29, 0.717) is 0 Å². The molecule has 1 rings (SSSR count). The minimum atomic E-state index is 0.203. The Morgan fingerprint density at radius 3 is 1.43 bits per heavy atom. The molecule has 0 fully saturated rings. The Kier molecular flexibility index (Phi) is 6.53. The first-order valence-electron chi connectivity index (χ1n) is 9.54. The average molecular weight is 317 g/mol. The summed E-state index contributed by atoms with van der Waals surface area (Å²) < 4.78 is 0. The maximum atomic E-state index is 2.47. The normalized spacial score (nSPS) is 13.4. The van der Waals surface area contributed by atoms with Crippen LogP contribution in [0.5, 0.6) is 0 Å². The predicted molar refractivity (Wildman–Crippen MR) is 106 cm³/mol. The van der Waals surface area contributed by atoms with Crippen LogP contribution in [-0.4, -0.2) is 0 Å². The molecule has 0 nitrogen and oxygen atoms in total. The van der Waals surface area contributed by atoms with Crippen LogP contribution in [0.4, 0.5) is 0 Å². The van der Waals surface area contributed by atoms with E-state index >= 15 is 0 Å². The third-order valence-corrected chi connectivity index (χ3v) is 5.10. The highest BCUT2D eigenvalue weighted by Gasteiger charge is 2.26. The van der Waals surface area contributed by atoms with Gasteiger partial charge in [-0.25, -0.2) is 0 Å². The Balaban J connectivity index is 3.18. The maximum absolute atomic E-state index is 2.47. The maximum Gasteiger partial charge on any atom is -0.0103 e. The zero-order chi connectivity index (χ0) is 17.9. The second kappa shape index (κ2) is 7.41. The van der Waals surface area contributed by atoms with Crippen molar-refractivity contribution in [3.05, 3.63) is 34.9 Å². The first kappa shape index (κ1) is 20.3. The molecule has 0 spiro atoms. The van der Waals surface area contributed by atoms with E-state index in [1.54, 1.807) is 0 Å². The van der Waals surface area contributed by atoms with Gasteiger partial charge in [0.2, 0.25) is 0 Å². The van der Waals surface area contributed by atoms with Gasteiger partial charge in [0.15, 0.2) is 0 Å². The zero-order valence-corrected chi connectivity index (χ0v) is 17.3. The van der Waals surface area contributed by atoms with Crippen LogP contribution in [0.2, 0.25) is 0 Å². The molecule has 0 radical (unpaired) electrons. The van der Waals surface area contributed by atoms with Gasteiger partial charge >= 0.3 is 0 Å². The molecule has 1 aromatic rings. The smallest absolute Gasteiger partial charge is 0.0103 e. The minimum absolute atomic E-state index is 0.203. The molecular formula is C23H40. The van der Waals surface area contributed by atoms with Gasteiger partial charge < -0.3 is 0 Å². The quantitative estimate of drug-likeness (QED) is 0.476. The third kappa shape index (κ3) is 5.98. The molecule has 0 amide bonds. The fourth-order valence-corrected chi connectivity index (χ4v) is 3.02. The van der Waals surface area contributed by atoms with E-state index < -0.39 is 0 Å². The lowest BCUT2D eigenvalue weighted by Crippen LogP contribution is -2.22. The van der Waals surface area contributed by atoms with Crippen LogP contribution in [0.1, 0.15) is 111 Å². The van der Waals surface area contributed by atoms with Gasteiger partial charge in [0.1, 0.15) is 0 Å². The summed E-state index contributed by atoms with van der Waals surface area (Å²) in [7, 11) is 0. The Hall–Kier alpha value is -0.780. The van der Waals surface area contributed by atoms with Gasteiger partial charge in [-0.1, -0.05) is 106 Å². The Morgan fingerprint density at radius 2 is 1.04 bits per heavy atom. The van der Waals surface area contributed by atoms with Crippen LogP contribution >= 0.6 is 0 Å². The summed E-state index contributed by atoms with van der Waals surface area (Å²) in [5.41, 5.74) is 5.13. The van der Waals surface area contributed by atoms with E-state index in [4.69, 9.17) is 0 Å². The van der Waals surface area contributed by atoms with Gasteiger partial charge in [0, 0.05) is 0 Å². The monoisotopic (exact) mass is 316 g/mol. The third-order valence-electron chi connectivity index (χ3n) is 5.10. The summed E-state index contributed by atoms with van der Waals surface area (Å²) in [6.07, 6.45) is 6.67. The lowest BCUT2D eigenvalue weighted by Gasteiger charge is -2.32. The van der Waals surface area contributed by atoms with Crippen LogP contribution in [0.15, 0.2) is 18.2 Å². The van der Waals surface area contributed by atoms with Crippen molar-refractivity contribution in [1.29, 1.82) is 0 Å². The zero-order valence-electron chi connectivity index (χ0n) is 17.3. The van der Waals surface area contributed by atoms with Crippen molar-refractivity contribution in [2.75, 3.05) is 0 Å². The van der Waals surface area contributed by atoms with E-state index in [1.165, 1.54) is 48.8 Å². The first-order chi connectivity index (χ1) is 10.4. The highest BCUT2D eigenvalue weighted by molar-refractivity contribution is 5.40. The standard InChI is InChI=1S/C23H40/c1-10-11-12-13-14-23(8,9)20-16-18(21(2,3)4)15-19(17-20)22(5,6)7/h15-17H,10-14H2,1-9H3. The summed E-state index contributed by atoms with van der Waals surface area (Å²) in [4.78, 5) is 0. The van der Waals surface area contributed by atoms with Crippen molar-refractivity contribution in [2.24, 2.45) is 0 Å².